The molecule has 0 aromatic carbocycles. The Morgan fingerprint density at radius 3 is 2.52 bits per heavy atom. The highest BCUT2D eigenvalue weighted by atomic mass is 35.5. The number of carbonyl (C=O) groups is 1. The molecule has 4 nitrogen and oxygen atoms in total. The van der Waals surface area contributed by atoms with Crippen LogP contribution in [0.5, 0.6) is 0 Å². The highest BCUT2D eigenvalue weighted by Crippen LogP contribution is 2.40. The number of pyridine rings is 1. The molecule has 140 valence electrons. The summed E-state index contributed by atoms with van der Waals surface area (Å²) in [7, 11) is 0. The monoisotopic (exact) mass is 395 g/mol. The smallest absolute Gasteiger partial charge is 0.349 e. The Morgan fingerprint density at radius 1 is 1.28 bits per heavy atom. The van der Waals surface area contributed by atoms with Gasteiger partial charge in [-0.1, -0.05) is 6.42 Å². The molecule has 2 bridgehead atoms. The van der Waals surface area contributed by atoms with Crippen molar-refractivity contribution in [3.8, 4) is 0 Å². The van der Waals surface area contributed by atoms with Gasteiger partial charge in [-0.3, -0.25) is 4.79 Å². The minimum atomic E-state index is -4.47. The largest absolute Gasteiger partial charge is 0.447 e. The van der Waals surface area contributed by atoms with Crippen LogP contribution in [-0.4, -0.2) is 28.5 Å². The van der Waals surface area contributed by atoms with Gasteiger partial charge in [0.1, 0.15) is 5.03 Å². The average molecular weight is 396 g/mol. The molecule has 1 aromatic heterocycles. The van der Waals surface area contributed by atoms with Crippen LogP contribution in [0.25, 0.3) is 0 Å². The summed E-state index contributed by atoms with van der Waals surface area (Å²) in [6, 6.07) is 3.02. The summed E-state index contributed by atoms with van der Waals surface area (Å²) in [4.78, 5) is 16.3. The normalized spacial score (nSPS) is 28.8. The first-order valence-electron chi connectivity index (χ1n) is 8.10. The van der Waals surface area contributed by atoms with E-state index in [-0.39, 0.29) is 46.8 Å². The van der Waals surface area contributed by atoms with Gasteiger partial charge >= 0.3 is 5.51 Å². The average Bonchev–Trinajstić information content (AvgIpc) is 2.47. The van der Waals surface area contributed by atoms with E-state index in [9.17, 15) is 18.0 Å². The molecule has 0 radical (unpaired) electrons. The van der Waals surface area contributed by atoms with Crippen LogP contribution in [-0.2, 0) is 0 Å². The molecule has 2 fully saturated rings. The number of amides is 1. The van der Waals surface area contributed by atoms with Gasteiger partial charge in [0, 0.05) is 30.0 Å². The number of rotatable bonds is 3. The van der Waals surface area contributed by atoms with E-state index >= 15 is 0 Å². The Hall–Kier alpha value is -0.990. The zero-order valence-electron chi connectivity index (χ0n) is 13.5. The predicted molar refractivity (Wildman–Crippen MR) is 92.7 cm³/mol. The van der Waals surface area contributed by atoms with E-state index < -0.39 is 11.4 Å². The number of halogens is 4. The molecular formula is C16H21ClF3N3OS. The molecule has 1 heterocycles. The van der Waals surface area contributed by atoms with Crippen molar-refractivity contribution in [2.24, 2.45) is 17.6 Å². The number of hydrogen-bond acceptors (Lipinski definition) is 4. The molecule has 2 saturated carbocycles. The standard InChI is InChI=1S/C16H20F3N3OS.ClH/c17-16(18,19)24-15-12(5-2-6-21-15)14(23)22-13-9-3-1-4-10(13)8-11(20)7-9;/h2,5-6,9-11,13H,1,3-4,7-8,20H2,(H,22,23);1H. The number of thioether (sulfide) groups is 1. The lowest BCUT2D eigenvalue weighted by Crippen LogP contribution is -2.53. The molecule has 1 amide bonds. The summed E-state index contributed by atoms with van der Waals surface area (Å²) in [5, 5.41) is 2.66. The van der Waals surface area contributed by atoms with Crippen LogP contribution in [0.15, 0.2) is 23.4 Å². The third-order valence-electron chi connectivity index (χ3n) is 4.90. The fourth-order valence-electron chi connectivity index (χ4n) is 4.01. The van der Waals surface area contributed by atoms with Gasteiger partial charge < -0.3 is 11.1 Å². The second-order valence-corrected chi connectivity index (χ2v) is 7.64. The first kappa shape index (κ1) is 20.3. The molecule has 2 aliphatic carbocycles. The van der Waals surface area contributed by atoms with E-state index in [2.05, 4.69) is 10.3 Å². The van der Waals surface area contributed by atoms with E-state index in [1.807, 2.05) is 0 Å². The predicted octanol–water partition coefficient (Wildman–Crippen LogP) is 3.75. The summed E-state index contributed by atoms with van der Waals surface area (Å²) < 4.78 is 38.0. The van der Waals surface area contributed by atoms with Crippen molar-refractivity contribution in [2.75, 3.05) is 0 Å². The van der Waals surface area contributed by atoms with Gasteiger partial charge in [0.2, 0.25) is 0 Å². The summed E-state index contributed by atoms with van der Waals surface area (Å²) in [6.07, 6.45) is 6.12. The molecule has 2 aliphatic rings. The van der Waals surface area contributed by atoms with Gasteiger partial charge in [0.15, 0.2) is 0 Å². The minimum absolute atomic E-state index is 0. The fourth-order valence-corrected chi connectivity index (χ4v) is 4.61. The number of nitrogens with one attached hydrogen (secondary N) is 1. The molecular weight excluding hydrogens is 375 g/mol. The number of nitrogens with zero attached hydrogens (tertiary/aromatic N) is 1. The molecule has 3 N–H and O–H groups in total. The van der Waals surface area contributed by atoms with Gasteiger partial charge in [-0.05, 0) is 49.7 Å². The van der Waals surface area contributed by atoms with E-state index in [1.165, 1.54) is 18.3 Å². The Morgan fingerprint density at radius 2 is 1.92 bits per heavy atom. The van der Waals surface area contributed by atoms with Crippen molar-refractivity contribution in [3.63, 3.8) is 0 Å². The number of carbonyl (C=O) groups excluding carboxylic acids is 1. The topological polar surface area (TPSA) is 68.0 Å². The second kappa shape index (κ2) is 8.14. The Labute approximate surface area is 154 Å². The Kier molecular flexibility index (Phi) is 6.62. The number of alkyl halides is 3. The highest BCUT2D eigenvalue weighted by Gasteiger charge is 2.40. The van der Waals surface area contributed by atoms with Crippen LogP contribution in [0.1, 0.15) is 42.5 Å². The van der Waals surface area contributed by atoms with Crippen molar-refractivity contribution in [1.82, 2.24) is 10.3 Å². The SMILES string of the molecule is Cl.NC1CC2CCCC(C1)C2NC(=O)c1cccnc1SC(F)(F)F. The molecule has 0 saturated heterocycles. The van der Waals surface area contributed by atoms with E-state index in [0.29, 0.717) is 11.8 Å². The van der Waals surface area contributed by atoms with Crippen LogP contribution < -0.4 is 11.1 Å². The molecule has 1 aromatic rings. The molecule has 2 unspecified atom stereocenters. The zero-order valence-corrected chi connectivity index (χ0v) is 15.1. The Balaban J connectivity index is 0.00000225. The van der Waals surface area contributed by atoms with Crippen molar-refractivity contribution in [1.29, 1.82) is 0 Å². The maximum Gasteiger partial charge on any atom is 0.447 e. The number of nitrogens with two attached hydrogens (primary N) is 1. The van der Waals surface area contributed by atoms with Crippen LogP contribution in [0, 0.1) is 11.8 Å². The maximum absolute atomic E-state index is 12.7. The summed E-state index contributed by atoms with van der Waals surface area (Å²) >= 11 is -0.352. The first-order chi connectivity index (χ1) is 11.3. The van der Waals surface area contributed by atoms with Gasteiger partial charge in [0.25, 0.3) is 5.91 Å². The quantitative estimate of drug-likeness (QED) is 0.765. The number of hydrogen-bond donors (Lipinski definition) is 2. The summed E-state index contributed by atoms with van der Waals surface area (Å²) in [5.74, 6) is 0.144. The summed E-state index contributed by atoms with van der Waals surface area (Å²) in [6.45, 7) is 0. The molecule has 25 heavy (non-hydrogen) atoms. The van der Waals surface area contributed by atoms with Crippen LogP contribution >= 0.6 is 24.2 Å². The molecule has 9 heteroatoms. The lowest BCUT2D eigenvalue weighted by atomic mass is 9.67. The molecule has 0 spiro atoms. The van der Waals surface area contributed by atoms with E-state index in [1.54, 1.807) is 0 Å². The third-order valence-corrected chi connectivity index (χ3v) is 5.65. The van der Waals surface area contributed by atoms with Crippen molar-refractivity contribution in [3.05, 3.63) is 23.9 Å². The second-order valence-electron chi connectivity index (χ2n) is 6.59. The van der Waals surface area contributed by atoms with Gasteiger partial charge in [-0.15, -0.1) is 12.4 Å². The first-order valence-corrected chi connectivity index (χ1v) is 8.92. The zero-order chi connectivity index (χ0) is 17.3. The van der Waals surface area contributed by atoms with Gasteiger partial charge in [0.05, 0.1) is 5.56 Å². The Bertz CT molecular complexity index is 603. The van der Waals surface area contributed by atoms with Crippen molar-refractivity contribution < 1.29 is 18.0 Å². The lowest BCUT2D eigenvalue weighted by Gasteiger charge is -2.45. The third kappa shape index (κ3) is 5.01. The molecule has 3 rings (SSSR count). The molecule has 0 aliphatic heterocycles. The van der Waals surface area contributed by atoms with Crippen LogP contribution in [0.4, 0.5) is 13.2 Å². The van der Waals surface area contributed by atoms with Crippen molar-refractivity contribution in [2.45, 2.75) is 54.7 Å². The fraction of sp³-hybridized carbons (Fsp3) is 0.625. The maximum atomic E-state index is 12.7. The number of aromatic nitrogens is 1. The van der Waals surface area contributed by atoms with Gasteiger partial charge in [-0.25, -0.2) is 4.98 Å². The summed E-state index contributed by atoms with van der Waals surface area (Å²) in [5.41, 5.74) is 1.58. The van der Waals surface area contributed by atoms with E-state index in [4.69, 9.17) is 5.73 Å². The van der Waals surface area contributed by atoms with Gasteiger partial charge in [-0.2, -0.15) is 13.2 Å². The molecule has 2 atom stereocenters. The number of fused-ring (bicyclic) bond motifs is 2. The van der Waals surface area contributed by atoms with Crippen LogP contribution in [0.2, 0.25) is 0 Å². The minimum Gasteiger partial charge on any atom is -0.349 e. The lowest BCUT2D eigenvalue weighted by molar-refractivity contribution is -0.0329. The van der Waals surface area contributed by atoms with Crippen LogP contribution in [0.3, 0.4) is 0 Å². The van der Waals surface area contributed by atoms with Crippen molar-refractivity contribution >= 4 is 30.1 Å². The highest BCUT2D eigenvalue weighted by molar-refractivity contribution is 8.00. The van der Waals surface area contributed by atoms with E-state index in [0.717, 1.165) is 32.1 Å².